The highest BCUT2D eigenvalue weighted by Gasteiger charge is 2.52. The molecule has 0 radical (unpaired) electrons. The Kier molecular flexibility index (Phi) is 7.51. The topological polar surface area (TPSA) is 115 Å². The number of nitrogens with one attached hydrogen (secondary N) is 1. The highest BCUT2D eigenvalue weighted by molar-refractivity contribution is 7.93. The fraction of sp³-hybridized carbons (Fsp3) is 0.276. The maximum absolute atomic E-state index is 13.3. The third kappa shape index (κ3) is 4.92. The van der Waals surface area contributed by atoms with Gasteiger partial charge in [0, 0.05) is 24.2 Å². The monoisotopic (exact) mass is 535 g/mol. The second kappa shape index (κ2) is 11.0. The average molecular weight is 536 g/mol. The first-order valence-electron chi connectivity index (χ1n) is 12.5. The van der Waals surface area contributed by atoms with E-state index < -0.39 is 20.5 Å². The number of sulfone groups is 1. The Balaban J connectivity index is 1.20. The molecule has 0 spiro atoms. The van der Waals surface area contributed by atoms with E-state index in [1.54, 1.807) is 18.4 Å². The Morgan fingerprint density at radius 2 is 1.76 bits per heavy atom. The summed E-state index contributed by atoms with van der Waals surface area (Å²) in [4.78, 5) is 12.4. The minimum atomic E-state index is -4.06. The van der Waals surface area contributed by atoms with Crippen LogP contribution in [0.2, 0.25) is 0 Å². The molecule has 2 heterocycles. The van der Waals surface area contributed by atoms with Crippen LogP contribution in [-0.4, -0.2) is 44.1 Å². The molecular weight excluding hydrogens is 506 g/mol. The van der Waals surface area contributed by atoms with Gasteiger partial charge in [-0.05, 0) is 67.1 Å². The molecule has 1 aromatic heterocycles. The number of carbonyl (C=O) groups is 1. The van der Waals surface area contributed by atoms with Gasteiger partial charge in [0.1, 0.15) is 11.3 Å². The Labute approximate surface area is 221 Å². The number of amides is 1. The molecular formula is C29H29NO7S. The van der Waals surface area contributed by atoms with Gasteiger partial charge in [-0.3, -0.25) is 10.0 Å². The molecule has 38 heavy (non-hydrogen) atoms. The fourth-order valence-electron chi connectivity index (χ4n) is 4.92. The average Bonchev–Trinajstić information content (AvgIpc) is 3.40. The molecule has 4 aromatic rings. The predicted octanol–water partition coefficient (Wildman–Crippen LogP) is 4.94. The van der Waals surface area contributed by atoms with E-state index in [1.165, 1.54) is 23.2 Å². The molecule has 1 fully saturated rings. The third-order valence-corrected chi connectivity index (χ3v) is 9.58. The first kappa shape index (κ1) is 26.0. The quantitative estimate of drug-likeness (QED) is 0.177. The van der Waals surface area contributed by atoms with Gasteiger partial charge in [0.25, 0.3) is 5.91 Å². The van der Waals surface area contributed by atoms with Crippen LogP contribution in [0.15, 0.2) is 88.4 Å². The van der Waals surface area contributed by atoms with Crippen molar-refractivity contribution in [2.45, 2.75) is 35.3 Å². The highest BCUT2D eigenvalue weighted by atomic mass is 32.2. The van der Waals surface area contributed by atoms with E-state index in [1.807, 2.05) is 24.3 Å². The summed E-state index contributed by atoms with van der Waals surface area (Å²) in [6.07, 6.45) is 3.32. The van der Waals surface area contributed by atoms with E-state index in [0.29, 0.717) is 12.4 Å². The normalized spacial score (nSPS) is 15.3. The second-order valence-electron chi connectivity index (χ2n) is 9.32. The number of rotatable bonds is 9. The van der Waals surface area contributed by atoms with Crippen molar-refractivity contribution in [3.8, 4) is 16.9 Å². The molecule has 0 atom stereocenters. The lowest BCUT2D eigenvalue weighted by molar-refractivity contribution is -0.134. The summed E-state index contributed by atoms with van der Waals surface area (Å²) in [6.45, 7) is 0.698. The van der Waals surface area contributed by atoms with E-state index in [9.17, 15) is 18.4 Å². The molecule has 9 heteroatoms. The Morgan fingerprint density at radius 3 is 2.53 bits per heavy atom. The molecule has 5 rings (SSSR count). The number of aryl methyl sites for hydroxylation is 1. The highest BCUT2D eigenvalue weighted by Crippen LogP contribution is 2.36. The van der Waals surface area contributed by atoms with Crippen molar-refractivity contribution >= 4 is 26.7 Å². The van der Waals surface area contributed by atoms with Gasteiger partial charge in [0.2, 0.25) is 0 Å². The van der Waals surface area contributed by atoms with Gasteiger partial charge in [0.05, 0.1) is 17.8 Å². The van der Waals surface area contributed by atoms with Crippen molar-refractivity contribution in [1.82, 2.24) is 5.48 Å². The maximum atomic E-state index is 13.3. The largest absolute Gasteiger partial charge is 0.494 e. The molecule has 0 unspecified atom stereocenters. The summed E-state index contributed by atoms with van der Waals surface area (Å²) in [5.74, 6) is -0.402. The number of fused-ring (bicyclic) bond motifs is 1. The molecule has 1 saturated heterocycles. The van der Waals surface area contributed by atoms with E-state index in [0.717, 1.165) is 34.9 Å². The molecule has 0 aliphatic carbocycles. The molecule has 3 aromatic carbocycles. The van der Waals surface area contributed by atoms with Gasteiger partial charge < -0.3 is 13.9 Å². The van der Waals surface area contributed by atoms with Crippen LogP contribution in [0.1, 0.15) is 24.8 Å². The van der Waals surface area contributed by atoms with Crippen LogP contribution in [0.4, 0.5) is 0 Å². The molecule has 8 nitrogen and oxygen atoms in total. The minimum Gasteiger partial charge on any atom is -0.494 e. The summed E-state index contributed by atoms with van der Waals surface area (Å²) < 4.78 is 41.7. The van der Waals surface area contributed by atoms with Crippen molar-refractivity contribution in [3.05, 3.63) is 84.6 Å². The Morgan fingerprint density at radius 1 is 1.00 bits per heavy atom. The SMILES string of the molecule is O=C(NO)C1(S(=O)(=O)c2ccc(OCCCc3cccc(-c4coc5ccccc45)c3)cc2)CCOCC1. The summed E-state index contributed by atoms with van der Waals surface area (Å²) in [5, 5.41) is 10.3. The Bertz CT molecular complexity index is 1520. The van der Waals surface area contributed by atoms with Crippen molar-refractivity contribution in [2.75, 3.05) is 19.8 Å². The van der Waals surface area contributed by atoms with Gasteiger partial charge in [0.15, 0.2) is 14.6 Å². The molecule has 2 N–H and O–H groups in total. The van der Waals surface area contributed by atoms with Gasteiger partial charge in [-0.25, -0.2) is 13.9 Å². The number of ether oxygens (including phenoxy) is 2. The second-order valence-corrected chi connectivity index (χ2v) is 11.6. The van der Waals surface area contributed by atoms with E-state index in [4.69, 9.17) is 13.9 Å². The standard InChI is InChI=1S/C29H29NO7S/c31-28(30-32)29(14-17-35-18-15-29)38(33,34)24-12-10-23(11-13-24)36-16-4-6-21-5-3-7-22(19-21)26-20-37-27-9-2-1-8-25(26)27/h1-3,5,7-13,19-20,32H,4,6,14-18H2,(H,30,31). The Hall–Kier alpha value is -3.66. The van der Waals surface area contributed by atoms with Crippen LogP contribution in [0.25, 0.3) is 22.1 Å². The fourth-order valence-corrected chi connectivity index (χ4v) is 6.86. The van der Waals surface area contributed by atoms with Gasteiger partial charge in [-0.15, -0.1) is 0 Å². The van der Waals surface area contributed by atoms with Crippen molar-refractivity contribution in [1.29, 1.82) is 0 Å². The number of furan rings is 1. The maximum Gasteiger partial charge on any atom is 0.265 e. The van der Waals surface area contributed by atoms with Gasteiger partial charge in [-0.2, -0.15) is 0 Å². The molecule has 0 bridgehead atoms. The van der Waals surface area contributed by atoms with Crippen molar-refractivity contribution in [3.63, 3.8) is 0 Å². The van der Waals surface area contributed by atoms with Crippen LogP contribution in [0.3, 0.4) is 0 Å². The number of hydrogen-bond donors (Lipinski definition) is 2. The smallest absolute Gasteiger partial charge is 0.265 e. The summed E-state index contributed by atoms with van der Waals surface area (Å²) in [7, 11) is -4.06. The zero-order valence-electron chi connectivity index (χ0n) is 20.8. The number of para-hydroxylation sites is 1. The molecule has 0 saturated carbocycles. The van der Waals surface area contributed by atoms with Gasteiger partial charge >= 0.3 is 0 Å². The predicted molar refractivity (Wildman–Crippen MR) is 142 cm³/mol. The minimum absolute atomic E-state index is 0.000986. The van der Waals surface area contributed by atoms with Crippen LogP contribution in [0.5, 0.6) is 5.75 Å². The molecule has 1 amide bonds. The number of carbonyl (C=O) groups excluding carboxylic acids is 1. The van der Waals surface area contributed by atoms with E-state index >= 15 is 0 Å². The van der Waals surface area contributed by atoms with Crippen LogP contribution < -0.4 is 10.2 Å². The number of hydrogen-bond acceptors (Lipinski definition) is 7. The van der Waals surface area contributed by atoms with Crippen LogP contribution >= 0.6 is 0 Å². The van der Waals surface area contributed by atoms with Crippen LogP contribution in [-0.2, 0) is 25.8 Å². The summed E-state index contributed by atoms with van der Waals surface area (Å²) in [6, 6.07) is 22.4. The zero-order chi connectivity index (χ0) is 26.6. The lowest BCUT2D eigenvalue weighted by Gasteiger charge is -2.34. The number of hydroxylamine groups is 1. The zero-order valence-corrected chi connectivity index (χ0v) is 21.6. The summed E-state index contributed by atoms with van der Waals surface area (Å²) >= 11 is 0. The first-order chi connectivity index (χ1) is 18.4. The molecule has 198 valence electrons. The first-order valence-corrected chi connectivity index (χ1v) is 14.0. The van der Waals surface area contributed by atoms with Gasteiger partial charge in [-0.1, -0.05) is 42.5 Å². The summed E-state index contributed by atoms with van der Waals surface area (Å²) in [5.41, 5.74) is 5.73. The van der Waals surface area contributed by atoms with E-state index in [2.05, 4.69) is 24.3 Å². The lowest BCUT2D eigenvalue weighted by atomic mass is 9.98. The van der Waals surface area contributed by atoms with E-state index in [-0.39, 0.29) is 31.0 Å². The van der Waals surface area contributed by atoms with Crippen LogP contribution in [0, 0.1) is 0 Å². The van der Waals surface area contributed by atoms with Crippen molar-refractivity contribution < 1.29 is 32.3 Å². The van der Waals surface area contributed by atoms with Crippen molar-refractivity contribution in [2.24, 2.45) is 0 Å². The molecule has 1 aliphatic rings. The third-order valence-electron chi connectivity index (χ3n) is 7.06. The lowest BCUT2D eigenvalue weighted by Crippen LogP contribution is -2.54. The number of benzene rings is 3. The molecule has 1 aliphatic heterocycles.